The minimum absolute atomic E-state index is 0.0509. The standard InChI is InChI=1S/C24H23N7O2/c1-14(2)12-31-20(16-10-17-15(3)29-33-21(17)25-11-16)27-28-23(31)30-9-8-24(13-30)18-6-4-5-7-19(18)26-22(24)32/h4-7,10-11H,1,8-9,12-13H2,2-3H3,(H,26,32). The van der Waals surface area contributed by atoms with Gasteiger partial charge in [-0.2, -0.15) is 0 Å². The number of pyridine rings is 1. The monoisotopic (exact) mass is 441 g/mol. The molecule has 166 valence electrons. The average Bonchev–Trinajstić information content (AvgIpc) is 3.56. The van der Waals surface area contributed by atoms with Gasteiger partial charge in [-0.05, 0) is 38.0 Å². The van der Waals surface area contributed by atoms with E-state index in [2.05, 4.69) is 37.1 Å². The van der Waals surface area contributed by atoms with Crippen LogP contribution in [0.4, 0.5) is 11.6 Å². The van der Waals surface area contributed by atoms with Crippen LogP contribution in [0, 0.1) is 6.92 Å². The molecule has 1 N–H and O–H groups in total. The van der Waals surface area contributed by atoms with Crippen LogP contribution >= 0.6 is 0 Å². The largest absolute Gasteiger partial charge is 0.339 e. The third-order valence-corrected chi connectivity index (χ3v) is 6.61. The van der Waals surface area contributed by atoms with Crippen LogP contribution in [0.25, 0.3) is 22.5 Å². The number of nitrogens with one attached hydrogen (secondary N) is 1. The summed E-state index contributed by atoms with van der Waals surface area (Å²) in [6.07, 6.45) is 2.44. The highest BCUT2D eigenvalue weighted by atomic mass is 16.5. The van der Waals surface area contributed by atoms with E-state index >= 15 is 0 Å². The smallest absolute Gasteiger partial charge is 0.257 e. The summed E-state index contributed by atoms with van der Waals surface area (Å²) >= 11 is 0. The van der Waals surface area contributed by atoms with Gasteiger partial charge in [0, 0.05) is 37.1 Å². The Morgan fingerprint density at radius 3 is 3.00 bits per heavy atom. The second-order valence-electron chi connectivity index (χ2n) is 8.96. The van der Waals surface area contributed by atoms with Crippen LogP contribution in [0.5, 0.6) is 0 Å². The molecule has 1 aromatic carbocycles. The number of allylic oxidation sites excluding steroid dienone is 1. The zero-order valence-corrected chi connectivity index (χ0v) is 18.5. The molecule has 1 fully saturated rings. The molecule has 4 aromatic rings. The molecule has 0 bridgehead atoms. The first-order valence-corrected chi connectivity index (χ1v) is 10.9. The predicted molar refractivity (Wildman–Crippen MR) is 124 cm³/mol. The Balaban J connectivity index is 1.41. The van der Waals surface area contributed by atoms with E-state index in [1.807, 2.05) is 48.7 Å². The Labute approximate surface area is 190 Å². The lowest BCUT2D eigenvalue weighted by Gasteiger charge is -2.23. The van der Waals surface area contributed by atoms with Gasteiger partial charge in [0.15, 0.2) is 5.82 Å². The highest BCUT2D eigenvalue weighted by Crippen LogP contribution is 2.45. The molecule has 1 amide bonds. The third kappa shape index (κ3) is 2.88. The number of benzene rings is 1. The summed E-state index contributed by atoms with van der Waals surface area (Å²) in [5, 5.41) is 17.0. The van der Waals surface area contributed by atoms with Crippen molar-refractivity contribution in [1.29, 1.82) is 0 Å². The molecule has 3 aromatic heterocycles. The number of carbonyl (C=O) groups excluding carboxylic acids is 1. The van der Waals surface area contributed by atoms with Gasteiger partial charge in [0.25, 0.3) is 5.71 Å². The second-order valence-corrected chi connectivity index (χ2v) is 8.96. The van der Waals surface area contributed by atoms with Crippen LogP contribution in [-0.4, -0.2) is 43.9 Å². The van der Waals surface area contributed by atoms with Gasteiger partial charge < -0.3 is 14.7 Å². The zero-order valence-electron chi connectivity index (χ0n) is 18.5. The summed E-state index contributed by atoms with van der Waals surface area (Å²) in [4.78, 5) is 19.6. The quantitative estimate of drug-likeness (QED) is 0.484. The molecule has 9 nitrogen and oxygen atoms in total. The van der Waals surface area contributed by atoms with E-state index in [0.29, 0.717) is 31.2 Å². The van der Waals surface area contributed by atoms with Gasteiger partial charge in [-0.25, -0.2) is 4.98 Å². The maximum atomic E-state index is 13.0. The second kappa shape index (κ2) is 6.99. The van der Waals surface area contributed by atoms with Crippen molar-refractivity contribution in [2.24, 2.45) is 0 Å². The number of carbonyl (C=O) groups is 1. The maximum absolute atomic E-state index is 13.0. The first kappa shape index (κ1) is 19.7. The van der Waals surface area contributed by atoms with E-state index in [9.17, 15) is 4.79 Å². The maximum Gasteiger partial charge on any atom is 0.257 e. The lowest BCUT2D eigenvalue weighted by atomic mass is 9.81. The van der Waals surface area contributed by atoms with Crippen molar-refractivity contribution < 1.29 is 9.32 Å². The number of fused-ring (bicyclic) bond motifs is 3. The summed E-state index contributed by atoms with van der Waals surface area (Å²) in [7, 11) is 0. The Morgan fingerprint density at radius 2 is 2.15 bits per heavy atom. The number of anilines is 2. The molecule has 2 aliphatic rings. The van der Waals surface area contributed by atoms with Gasteiger partial charge in [0.1, 0.15) is 0 Å². The van der Waals surface area contributed by atoms with E-state index in [4.69, 9.17) is 4.52 Å². The molecule has 0 saturated carbocycles. The van der Waals surface area contributed by atoms with Crippen molar-refractivity contribution in [2.75, 3.05) is 23.3 Å². The highest BCUT2D eigenvalue weighted by molar-refractivity contribution is 6.07. The minimum atomic E-state index is -0.573. The Morgan fingerprint density at radius 1 is 1.30 bits per heavy atom. The van der Waals surface area contributed by atoms with Crippen molar-refractivity contribution in [1.82, 2.24) is 24.9 Å². The van der Waals surface area contributed by atoms with Crippen molar-refractivity contribution in [3.63, 3.8) is 0 Å². The molecule has 6 rings (SSSR count). The Kier molecular flexibility index (Phi) is 4.17. The summed E-state index contributed by atoms with van der Waals surface area (Å²) in [5.74, 6) is 1.47. The molecule has 1 unspecified atom stereocenters. The minimum Gasteiger partial charge on any atom is -0.339 e. The average molecular weight is 441 g/mol. The first-order chi connectivity index (χ1) is 16.0. The van der Waals surface area contributed by atoms with Gasteiger partial charge in [0.2, 0.25) is 11.9 Å². The van der Waals surface area contributed by atoms with Gasteiger partial charge >= 0.3 is 0 Å². The van der Waals surface area contributed by atoms with Gasteiger partial charge in [-0.3, -0.25) is 9.36 Å². The first-order valence-electron chi connectivity index (χ1n) is 10.9. The summed E-state index contributed by atoms with van der Waals surface area (Å²) in [6, 6.07) is 9.91. The number of para-hydroxylation sites is 1. The Bertz CT molecular complexity index is 1440. The summed E-state index contributed by atoms with van der Waals surface area (Å²) < 4.78 is 7.30. The van der Waals surface area contributed by atoms with Crippen LogP contribution in [0.2, 0.25) is 0 Å². The molecule has 1 atom stereocenters. The zero-order chi connectivity index (χ0) is 22.7. The number of aromatic nitrogens is 5. The van der Waals surface area contributed by atoms with Crippen molar-refractivity contribution in [3.05, 3.63) is 59.9 Å². The van der Waals surface area contributed by atoms with Gasteiger partial charge in [-0.1, -0.05) is 35.5 Å². The normalized spacial score (nSPS) is 19.5. The fourth-order valence-electron chi connectivity index (χ4n) is 4.98. The lowest BCUT2D eigenvalue weighted by Crippen LogP contribution is -2.38. The molecule has 1 spiro atoms. The molecule has 0 aliphatic carbocycles. The lowest BCUT2D eigenvalue weighted by molar-refractivity contribution is -0.120. The molecular formula is C24H23N7O2. The molecule has 33 heavy (non-hydrogen) atoms. The number of rotatable bonds is 4. The SMILES string of the molecule is C=C(C)Cn1c(-c2cnc3onc(C)c3c2)nnc1N1CCC2(C1)C(=O)Nc1ccccc12. The fraction of sp³-hybridized carbons (Fsp3) is 0.292. The van der Waals surface area contributed by atoms with Crippen molar-refractivity contribution >= 4 is 28.6 Å². The third-order valence-electron chi connectivity index (χ3n) is 6.61. The van der Waals surface area contributed by atoms with Crippen LogP contribution in [0.1, 0.15) is 24.6 Å². The molecule has 2 aliphatic heterocycles. The topological polar surface area (TPSA) is 102 Å². The number of aryl methyl sites for hydroxylation is 1. The predicted octanol–water partition coefficient (Wildman–Crippen LogP) is 3.47. The number of amides is 1. The van der Waals surface area contributed by atoms with E-state index in [0.717, 1.165) is 45.8 Å². The summed E-state index contributed by atoms with van der Waals surface area (Å²) in [5.41, 5.74) is 4.46. The number of hydrogen-bond acceptors (Lipinski definition) is 7. The molecule has 1 saturated heterocycles. The van der Waals surface area contributed by atoms with Crippen LogP contribution < -0.4 is 10.2 Å². The van der Waals surface area contributed by atoms with E-state index in [-0.39, 0.29) is 5.91 Å². The number of hydrogen-bond donors (Lipinski definition) is 1. The van der Waals surface area contributed by atoms with Crippen molar-refractivity contribution in [3.8, 4) is 11.4 Å². The van der Waals surface area contributed by atoms with Crippen LogP contribution in [-0.2, 0) is 16.8 Å². The highest BCUT2D eigenvalue weighted by Gasteiger charge is 2.51. The van der Waals surface area contributed by atoms with E-state index in [1.54, 1.807) is 6.20 Å². The van der Waals surface area contributed by atoms with Gasteiger partial charge in [0.05, 0.1) is 16.5 Å². The number of nitrogens with zero attached hydrogens (tertiary/aromatic N) is 6. The van der Waals surface area contributed by atoms with Gasteiger partial charge in [-0.15, -0.1) is 10.2 Å². The molecule has 9 heteroatoms. The molecule has 0 radical (unpaired) electrons. The van der Waals surface area contributed by atoms with E-state index in [1.165, 1.54) is 0 Å². The fourth-order valence-corrected chi connectivity index (χ4v) is 4.98. The Hall–Kier alpha value is -4.01. The van der Waals surface area contributed by atoms with Crippen molar-refractivity contribution in [2.45, 2.75) is 32.2 Å². The van der Waals surface area contributed by atoms with E-state index < -0.39 is 5.41 Å². The summed E-state index contributed by atoms with van der Waals surface area (Å²) in [6.45, 7) is 9.78. The molecule has 5 heterocycles. The molecular weight excluding hydrogens is 418 g/mol. The van der Waals surface area contributed by atoms with Crippen LogP contribution in [0.15, 0.2) is 53.2 Å². The van der Waals surface area contributed by atoms with Crippen LogP contribution in [0.3, 0.4) is 0 Å².